The van der Waals surface area contributed by atoms with Crippen molar-refractivity contribution in [3.05, 3.63) is 54.2 Å². The van der Waals surface area contributed by atoms with E-state index in [9.17, 15) is 0 Å². The molecule has 0 atom stereocenters. The Morgan fingerprint density at radius 2 is 1.82 bits per heavy atom. The van der Waals surface area contributed by atoms with Gasteiger partial charge in [-0.1, -0.05) is 50.1 Å². The molecule has 1 heterocycles. The number of aromatic nitrogens is 1. The molecular weight excluding hydrogens is 206 g/mol. The third-order valence-electron chi connectivity index (χ3n) is 2.96. The molecule has 0 aliphatic carbocycles. The second kappa shape index (κ2) is 6.19. The van der Waals surface area contributed by atoms with Crippen LogP contribution in [-0.2, 0) is 6.42 Å². The van der Waals surface area contributed by atoms with Gasteiger partial charge in [0, 0.05) is 11.8 Å². The Morgan fingerprint density at radius 3 is 2.59 bits per heavy atom. The van der Waals surface area contributed by atoms with Crippen LogP contribution in [0.15, 0.2) is 48.7 Å². The standard InChI is InChI=1S/C16H19N/c1-2-3-5-8-14-11-12-17-16(13-14)15-9-6-4-7-10-15/h4,6-7,9-13H,2-3,5,8H2,1H3. The van der Waals surface area contributed by atoms with Crippen molar-refractivity contribution in [2.24, 2.45) is 0 Å². The summed E-state index contributed by atoms with van der Waals surface area (Å²) in [7, 11) is 0. The van der Waals surface area contributed by atoms with Crippen molar-refractivity contribution in [1.82, 2.24) is 4.98 Å². The smallest absolute Gasteiger partial charge is 0.0704 e. The van der Waals surface area contributed by atoms with Gasteiger partial charge >= 0.3 is 0 Å². The number of unbranched alkanes of at least 4 members (excludes halogenated alkanes) is 2. The Balaban J connectivity index is 2.12. The predicted molar refractivity (Wildman–Crippen MR) is 72.9 cm³/mol. The summed E-state index contributed by atoms with van der Waals surface area (Å²) in [5.74, 6) is 0. The lowest BCUT2D eigenvalue weighted by atomic mass is 10.0. The van der Waals surface area contributed by atoms with Gasteiger partial charge in [-0.3, -0.25) is 4.98 Å². The van der Waals surface area contributed by atoms with E-state index in [2.05, 4.69) is 48.3 Å². The van der Waals surface area contributed by atoms with Gasteiger partial charge in [0.05, 0.1) is 5.69 Å². The van der Waals surface area contributed by atoms with Crippen LogP contribution in [0.5, 0.6) is 0 Å². The summed E-state index contributed by atoms with van der Waals surface area (Å²) in [6.07, 6.45) is 6.94. The van der Waals surface area contributed by atoms with Crippen molar-refractivity contribution < 1.29 is 0 Å². The zero-order valence-electron chi connectivity index (χ0n) is 10.4. The quantitative estimate of drug-likeness (QED) is 0.684. The maximum Gasteiger partial charge on any atom is 0.0704 e. The molecule has 0 spiro atoms. The van der Waals surface area contributed by atoms with Gasteiger partial charge in [0.2, 0.25) is 0 Å². The van der Waals surface area contributed by atoms with E-state index in [1.165, 1.54) is 30.4 Å². The van der Waals surface area contributed by atoms with Crippen LogP contribution in [0.25, 0.3) is 11.3 Å². The molecule has 2 rings (SSSR count). The Labute approximate surface area is 104 Å². The zero-order valence-corrected chi connectivity index (χ0v) is 10.4. The van der Waals surface area contributed by atoms with Gasteiger partial charge in [-0.05, 0) is 30.5 Å². The average molecular weight is 225 g/mol. The van der Waals surface area contributed by atoms with Crippen LogP contribution in [0, 0.1) is 0 Å². The molecule has 0 amide bonds. The lowest BCUT2D eigenvalue weighted by Gasteiger charge is -2.04. The average Bonchev–Trinajstić information content (AvgIpc) is 2.41. The molecule has 0 fully saturated rings. The molecule has 1 heteroatoms. The second-order valence-corrected chi connectivity index (χ2v) is 4.37. The lowest BCUT2D eigenvalue weighted by Crippen LogP contribution is -1.89. The number of pyridine rings is 1. The van der Waals surface area contributed by atoms with Crippen LogP contribution in [0.4, 0.5) is 0 Å². The van der Waals surface area contributed by atoms with Crippen molar-refractivity contribution in [2.45, 2.75) is 32.6 Å². The first-order valence-electron chi connectivity index (χ1n) is 6.40. The van der Waals surface area contributed by atoms with E-state index in [4.69, 9.17) is 0 Å². The summed E-state index contributed by atoms with van der Waals surface area (Å²) < 4.78 is 0. The van der Waals surface area contributed by atoms with Crippen molar-refractivity contribution >= 4 is 0 Å². The van der Waals surface area contributed by atoms with Gasteiger partial charge in [-0.15, -0.1) is 0 Å². The van der Waals surface area contributed by atoms with Gasteiger partial charge in [-0.25, -0.2) is 0 Å². The summed E-state index contributed by atoms with van der Waals surface area (Å²) in [6.45, 7) is 2.24. The third kappa shape index (κ3) is 3.42. The number of hydrogen-bond acceptors (Lipinski definition) is 1. The molecule has 0 unspecified atom stereocenters. The Bertz CT molecular complexity index is 448. The van der Waals surface area contributed by atoms with Crippen molar-refractivity contribution in [1.29, 1.82) is 0 Å². The highest BCUT2D eigenvalue weighted by Crippen LogP contribution is 2.18. The minimum Gasteiger partial charge on any atom is -0.256 e. The maximum atomic E-state index is 4.44. The molecule has 1 aromatic carbocycles. The number of benzene rings is 1. The molecule has 0 N–H and O–H groups in total. The fourth-order valence-electron chi connectivity index (χ4n) is 1.98. The molecule has 17 heavy (non-hydrogen) atoms. The van der Waals surface area contributed by atoms with Gasteiger partial charge < -0.3 is 0 Å². The Kier molecular flexibility index (Phi) is 4.31. The van der Waals surface area contributed by atoms with Gasteiger partial charge in [0.1, 0.15) is 0 Å². The number of nitrogens with zero attached hydrogens (tertiary/aromatic N) is 1. The third-order valence-corrected chi connectivity index (χ3v) is 2.96. The monoisotopic (exact) mass is 225 g/mol. The highest BCUT2D eigenvalue weighted by Gasteiger charge is 1.99. The summed E-state index contributed by atoms with van der Waals surface area (Å²) in [4.78, 5) is 4.44. The van der Waals surface area contributed by atoms with Crippen LogP contribution < -0.4 is 0 Å². The first-order valence-corrected chi connectivity index (χ1v) is 6.40. The minimum atomic E-state index is 1.08. The predicted octanol–water partition coefficient (Wildman–Crippen LogP) is 4.48. The van der Waals surface area contributed by atoms with E-state index in [0.29, 0.717) is 0 Å². The van der Waals surface area contributed by atoms with E-state index in [1.807, 2.05) is 12.3 Å². The molecule has 1 aromatic heterocycles. The second-order valence-electron chi connectivity index (χ2n) is 4.37. The largest absolute Gasteiger partial charge is 0.256 e. The van der Waals surface area contributed by atoms with E-state index >= 15 is 0 Å². The molecule has 0 bridgehead atoms. The van der Waals surface area contributed by atoms with Crippen LogP contribution in [0.2, 0.25) is 0 Å². The molecule has 0 aliphatic heterocycles. The van der Waals surface area contributed by atoms with Crippen LogP contribution in [0.3, 0.4) is 0 Å². The van der Waals surface area contributed by atoms with E-state index in [0.717, 1.165) is 12.1 Å². The molecule has 0 saturated heterocycles. The molecule has 1 nitrogen and oxygen atoms in total. The number of rotatable bonds is 5. The number of hydrogen-bond donors (Lipinski definition) is 0. The molecule has 0 aliphatic rings. The van der Waals surface area contributed by atoms with Crippen molar-refractivity contribution in [3.8, 4) is 11.3 Å². The van der Waals surface area contributed by atoms with Crippen LogP contribution in [0.1, 0.15) is 31.7 Å². The van der Waals surface area contributed by atoms with Gasteiger partial charge in [0.15, 0.2) is 0 Å². The molecule has 88 valence electrons. The highest BCUT2D eigenvalue weighted by atomic mass is 14.7. The SMILES string of the molecule is CCCCCc1ccnc(-c2ccccc2)c1. The normalized spacial score (nSPS) is 10.4. The van der Waals surface area contributed by atoms with Gasteiger partial charge in [0.25, 0.3) is 0 Å². The zero-order chi connectivity index (χ0) is 11.9. The Morgan fingerprint density at radius 1 is 1.00 bits per heavy atom. The number of aryl methyl sites for hydroxylation is 1. The highest BCUT2D eigenvalue weighted by molar-refractivity contribution is 5.59. The van der Waals surface area contributed by atoms with E-state index in [1.54, 1.807) is 0 Å². The topological polar surface area (TPSA) is 12.9 Å². The van der Waals surface area contributed by atoms with Gasteiger partial charge in [-0.2, -0.15) is 0 Å². The minimum absolute atomic E-state index is 1.08. The van der Waals surface area contributed by atoms with Crippen LogP contribution in [-0.4, -0.2) is 4.98 Å². The Hall–Kier alpha value is -1.63. The summed E-state index contributed by atoms with van der Waals surface area (Å²) >= 11 is 0. The van der Waals surface area contributed by atoms with Crippen molar-refractivity contribution in [3.63, 3.8) is 0 Å². The molecular formula is C16H19N. The molecule has 0 saturated carbocycles. The van der Waals surface area contributed by atoms with Crippen molar-refractivity contribution in [2.75, 3.05) is 0 Å². The molecule has 0 radical (unpaired) electrons. The fraction of sp³-hybridized carbons (Fsp3) is 0.312. The summed E-state index contributed by atoms with van der Waals surface area (Å²) in [6, 6.07) is 14.7. The fourth-order valence-corrected chi connectivity index (χ4v) is 1.98. The maximum absolute atomic E-state index is 4.44. The summed E-state index contributed by atoms with van der Waals surface area (Å²) in [5.41, 5.74) is 3.68. The first-order chi connectivity index (χ1) is 8.40. The van der Waals surface area contributed by atoms with E-state index < -0.39 is 0 Å². The molecule has 2 aromatic rings. The first kappa shape index (κ1) is 11.8. The lowest BCUT2D eigenvalue weighted by molar-refractivity contribution is 0.717. The summed E-state index contributed by atoms with van der Waals surface area (Å²) in [5, 5.41) is 0. The van der Waals surface area contributed by atoms with E-state index in [-0.39, 0.29) is 0 Å². The van der Waals surface area contributed by atoms with Crippen LogP contribution >= 0.6 is 0 Å².